The van der Waals surface area contributed by atoms with Gasteiger partial charge in [-0.2, -0.15) is 11.8 Å². The van der Waals surface area contributed by atoms with Gasteiger partial charge in [0.2, 0.25) is 0 Å². The van der Waals surface area contributed by atoms with Crippen LogP contribution in [0.3, 0.4) is 0 Å². The number of anilines is 1. The summed E-state index contributed by atoms with van der Waals surface area (Å²) in [6.45, 7) is 1.60. The van der Waals surface area contributed by atoms with Gasteiger partial charge < -0.3 is 10.4 Å². The number of hydrogen-bond acceptors (Lipinski definition) is 3. The van der Waals surface area contributed by atoms with Crippen LogP contribution in [0.5, 0.6) is 0 Å². The molecule has 1 fully saturated rings. The van der Waals surface area contributed by atoms with E-state index in [4.69, 9.17) is 0 Å². The standard InChI is InChI=1S/C12H14FNO2S/c1-8-9(13)3-2-4-10(8)14-11(15)12(16)5-6-17-7-12/h2-4,16H,5-7H2,1H3,(H,14,15). The van der Waals surface area contributed by atoms with E-state index in [1.807, 2.05) is 0 Å². The zero-order valence-electron chi connectivity index (χ0n) is 9.50. The lowest BCUT2D eigenvalue weighted by molar-refractivity contribution is -0.131. The van der Waals surface area contributed by atoms with E-state index >= 15 is 0 Å². The van der Waals surface area contributed by atoms with E-state index < -0.39 is 11.5 Å². The second kappa shape index (κ2) is 4.66. The van der Waals surface area contributed by atoms with Crippen molar-refractivity contribution < 1.29 is 14.3 Å². The predicted molar refractivity (Wildman–Crippen MR) is 66.7 cm³/mol. The molecule has 0 radical (unpaired) electrons. The van der Waals surface area contributed by atoms with Crippen molar-refractivity contribution in [3.63, 3.8) is 0 Å². The minimum absolute atomic E-state index is 0.365. The number of carbonyl (C=O) groups excluding carboxylic acids is 1. The van der Waals surface area contributed by atoms with Crippen molar-refractivity contribution in [3.8, 4) is 0 Å². The molecule has 1 aliphatic rings. The molecule has 0 aromatic heterocycles. The molecule has 92 valence electrons. The molecule has 0 saturated carbocycles. The normalized spacial score (nSPS) is 23.7. The van der Waals surface area contributed by atoms with Crippen molar-refractivity contribution in [1.82, 2.24) is 0 Å². The minimum atomic E-state index is -1.32. The SMILES string of the molecule is Cc1c(F)cccc1NC(=O)C1(O)CCSC1. The van der Waals surface area contributed by atoms with Crippen LogP contribution < -0.4 is 5.32 Å². The predicted octanol–water partition coefficient (Wildman–Crippen LogP) is 1.94. The maximum Gasteiger partial charge on any atom is 0.257 e. The molecular weight excluding hydrogens is 241 g/mol. The first kappa shape index (κ1) is 12.4. The number of hydrogen-bond donors (Lipinski definition) is 2. The van der Waals surface area contributed by atoms with E-state index in [-0.39, 0.29) is 5.82 Å². The van der Waals surface area contributed by atoms with E-state index in [1.54, 1.807) is 24.8 Å². The summed E-state index contributed by atoms with van der Waals surface area (Å²) in [5.41, 5.74) is -0.515. The van der Waals surface area contributed by atoms with Crippen molar-refractivity contribution in [2.45, 2.75) is 18.9 Å². The van der Waals surface area contributed by atoms with Gasteiger partial charge in [-0.3, -0.25) is 4.79 Å². The summed E-state index contributed by atoms with van der Waals surface area (Å²) in [7, 11) is 0. The molecule has 2 rings (SSSR count). The number of thioether (sulfide) groups is 1. The summed E-state index contributed by atoms with van der Waals surface area (Å²) >= 11 is 1.54. The van der Waals surface area contributed by atoms with Crippen molar-refractivity contribution in [2.75, 3.05) is 16.8 Å². The smallest absolute Gasteiger partial charge is 0.257 e. The van der Waals surface area contributed by atoms with E-state index in [0.29, 0.717) is 23.4 Å². The Labute approximate surface area is 103 Å². The molecule has 1 saturated heterocycles. The highest BCUT2D eigenvalue weighted by molar-refractivity contribution is 7.99. The Morgan fingerprint density at radius 1 is 1.59 bits per heavy atom. The van der Waals surface area contributed by atoms with Gasteiger partial charge in [0.25, 0.3) is 5.91 Å². The van der Waals surface area contributed by atoms with Crippen LogP contribution in [0.15, 0.2) is 18.2 Å². The lowest BCUT2D eigenvalue weighted by atomic mass is 10.0. The Morgan fingerprint density at radius 3 is 3.00 bits per heavy atom. The first-order valence-corrected chi connectivity index (χ1v) is 6.55. The number of amides is 1. The van der Waals surface area contributed by atoms with Crippen molar-refractivity contribution >= 4 is 23.4 Å². The van der Waals surface area contributed by atoms with Crippen LogP contribution in [-0.4, -0.2) is 28.1 Å². The Kier molecular flexibility index (Phi) is 3.40. The van der Waals surface area contributed by atoms with Gasteiger partial charge in [0, 0.05) is 17.0 Å². The van der Waals surface area contributed by atoms with Gasteiger partial charge in [0.05, 0.1) is 0 Å². The molecule has 17 heavy (non-hydrogen) atoms. The molecule has 1 aromatic carbocycles. The molecular formula is C12H14FNO2S. The quantitative estimate of drug-likeness (QED) is 0.849. The highest BCUT2D eigenvalue weighted by atomic mass is 32.2. The third-order valence-electron chi connectivity index (χ3n) is 2.94. The fraction of sp³-hybridized carbons (Fsp3) is 0.417. The van der Waals surface area contributed by atoms with Gasteiger partial charge in [-0.25, -0.2) is 4.39 Å². The summed E-state index contributed by atoms with van der Waals surface area (Å²) in [6.07, 6.45) is 0.442. The molecule has 1 aromatic rings. The van der Waals surface area contributed by atoms with Crippen LogP contribution >= 0.6 is 11.8 Å². The second-order valence-corrected chi connectivity index (χ2v) is 5.31. The van der Waals surface area contributed by atoms with E-state index in [9.17, 15) is 14.3 Å². The van der Waals surface area contributed by atoms with Gasteiger partial charge in [-0.15, -0.1) is 0 Å². The highest BCUT2D eigenvalue weighted by Gasteiger charge is 2.39. The van der Waals surface area contributed by atoms with E-state index in [0.717, 1.165) is 5.75 Å². The Hall–Kier alpha value is -1.07. The Morgan fingerprint density at radius 2 is 2.35 bits per heavy atom. The number of carbonyl (C=O) groups is 1. The molecule has 1 atom stereocenters. The maximum absolute atomic E-state index is 13.3. The van der Waals surface area contributed by atoms with Crippen molar-refractivity contribution in [3.05, 3.63) is 29.6 Å². The number of aliphatic hydroxyl groups is 1. The zero-order valence-corrected chi connectivity index (χ0v) is 10.3. The van der Waals surface area contributed by atoms with Crippen LogP contribution in [-0.2, 0) is 4.79 Å². The van der Waals surface area contributed by atoms with Crippen molar-refractivity contribution in [2.24, 2.45) is 0 Å². The van der Waals surface area contributed by atoms with Crippen LogP contribution in [0.4, 0.5) is 10.1 Å². The fourth-order valence-corrected chi connectivity index (χ4v) is 2.95. The first-order chi connectivity index (χ1) is 8.03. The van der Waals surface area contributed by atoms with Crippen LogP contribution in [0, 0.1) is 12.7 Å². The molecule has 2 N–H and O–H groups in total. The molecule has 0 spiro atoms. The summed E-state index contributed by atoms with van der Waals surface area (Å²) in [5, 5.41) is 12.6. The van der Waals surface area contributed by atoms with Gasteiger partial charge >= 0.3 is 0 Å². The molecule has 1 amide bonds. The highest BCUT2D eigenvalue weighted by Crippen LogP contribution is 2.29. The molecule has 1 unspecified atom stereocenters. The second-order valence-electron chi connectivity index (χ2n) is 4.20. The third-order valence-corrected chi connectivity index (χ3v) is 4.11. The molecule has 5 heteroatoms. The molecule has 0 aliphatic carbocycles. The van der Waals surface area contributed by atoms with Crippen LogP contribution in [0.2, 0.25) is 0 Å². The maximum atomic E-state index is 13.3. The van der Waals surface area contributed by atoms with Crippen LogP contribution in [0.25, 0.3) is 0 Å². The summed E-state index contributed by atoms with van der Waals surface area (Å²) in [6, 6.07) is 4.50. The number of benzene rings is 1. The largest absolute Gasteiger partial charge is 0.379 e. The average molecular weight is 255 g/mol. The molecule has 0 bridgehead atoms. The van der Waals surface area contributed by atoms with Gasteiger partial charge in [-0.05, 0) is 31.2 Å². The first-order valence-electron chi connectivity index (χ1n) is 5.40. The Balaban J connectivity index is 2.16. The zero-order chi connectivity index (χ0) is 12.5. The summed E-state index contributed by atoms with van der Waals surface area (Å²) in [5.74, 6) is 0.353. The molecule has 1 heterocycles. The lowest BCUT2D eigenvalue weighted by Crippen LogP contribution is -2.43. The number of nitrogens with one attached hydrogen (secondary N) is 1. The monoisotopic (exact) mass is 255 g/mol. The lowest BCUT2D eigenvalue weighted by Gasteiger charge is -2.20. The number of rotatable bonds is 2. The number of halogens is 1. The third kappa shape index (κ3) is 2.45. The van der Waals surface area contributed by atoms with Gasteiger partial charge in [-0.1, -0.05) is 6.07 Å². The Bertz CT molecular complexity index is 444. The average Bonchev–Trinajstić information content (AvgIpc) is 2.73. The molecule has 1 aliphatic heterocycles. The van der Waals surface area contributed by atoms with E-state index in [2.05, 4.69) is 5.32 Å². The minimum Gasteiger partial charge on any atom is -0.379 e. The fourth-order valence-electron chi connectivity index (χ4n) is 1.71. The summed E-state index contributed by atoms with van der Waals surface area (Å²) in [4.78, 5) is 11.9. The van der Waals surface area contributed by atoms with Gasteiger partial charge in [0.1, 0.15) is 5.82 Å². The van der Waals surface area contributed by atoms with Gasteiger partial charge in [0.15, 0.2) is 5.60 Å². The van der Waals surface area contributed by atoms with E-state index in [1.165, 1.54) is 12.1 Å². The summed E-state index contributed by atoms with van der Waals surface area (Å²) < 4.78 is 13.3. The topological polar surface area (TPSA) is 49.3 Å². The van der Waals surface area contributed by atoms with Crippen molar-refractivity contribution in [1.29, 1.82) is 0 Å². The molecule has 3 nitrogen and oxygen atoms in total. The van der Waals surface area contributed by atoms with Crippen LogP contribution in [0.1, 0.15) is 12.0 Å².